The zero-order valence-corrected chi connectivity index (χ0v) is 16.1. The Balaban J connectivity index is 1.29. The number of carbonyl (C=O) groups is 1. The van der Waals surface area contributed by atoms with Crippen molar-refractivity contribution in [1.29, 1.82) is 0 Å². The zero-order chi connectivity index (χ0) is 18.9. The summed E-state index contributed by atoms with van der Waals surface area (Å²) in [7, 11) is 0. The van der Waals surface area contributed by atoms with Crippen LogP contribution in [0, 0.1) is 0 Å². The number of anilines is 1. The Labute approximate surface area is 161 Å². The van der Waals surface area contributed by atoms with Gasteiger partial charge >= 0.3 is 0 Å². The lowest BCUT2D eigenvalue weighted by molar-refractivity contribution is -0.121. The maximum Gasteiger partial charge on any atom is 0.225 e. The SMILES string of the molecule is CC(CC(=O)NCCCN1CCN(c2ncccn2)CC1)c1ccccc1. The van der Waals surface area contributed by atoms with E-state index >= 15 is 0 Å². The first-order valence-electron chi connectivity index (χ1n) is 9.78. The number of carbonyl (C=O) groups excluding carboxylic acids is 1. The van der Waals surface area contributed by atoms with Crippen molar-refractivity contribution in [2.24, 2.45) is 0 Å². The van der Waals surface area contributed by atoms with E-state index in [4.69, 9.17) is 0 Å². The Morgan fingerprint density at radius 1 is 1.07 bits per heavy atom. The van der Waals surface area contributed by atoms with Gasteiger partial charge in [-0.05, 0) is 30.5 Å². The molecule has 144 valence electrons. The van der Waals surface area contributed by atoms with Crippen molar-refractivity contribution in [3.8, 4) is 0 Å². The molecule has 0 radical (unpaired) electrons. The second-order valence-electron chi connectivity index (χ2n) is 7.10. The van der Waals surface area contributed by atoms with E-state index in [0.717, 1.165) is 51.6 Å². The molecule has 27 heavy (non-hydrogen) atoms. The van der Waals surface area contributed by atoms with Gasteiger partial charge in [-0.1, -0.05) is 37.3 Å². The first kappa shape index (κ1) is 19.3. The number of aromatic nitrogens is 2. The number of benzene rings is 1. The highest BCUT2D eigenvalue weighted by atomic mass is 16.1. The molecule has 1 aromatic heterocycles. The zero-order valence-electron chi connectivity index (χ0n) is 16.1. The lowest BCUT2D eigenvalue weighted by Gasteiger charge is -2.34. The fourth-order valence-corrected chi connectivity index (χ4v) is 3.41. The highest BCUT2D eigenvalue weighted by Crippen LogP contribution is 2.18. The summed E-state index contributed by atoms with van der Waals surface area (Å²) < 4.78 is 0. The molecule has 1 amide bonds. The number of rotatable bonds is 8. The largest absolute Gasteiger partial charge is 0.356 e. The second-order valence-corrected chi connectivity index (χ2v) is 7.10. The molecule has 1 unspecified atom stereocenters. The molecule has 6 heteroatoms. The van der Waals surface area contributed by atoms with E-state index in [0.29, 0.717) is 6.42 Å². The molecule has 6 nitrogen and oxygen atoms in total. The Bertz CT molecular complexity index is 686. The van der Waals surface area contributed by atoms with Crippen LogP contribution in [-0.4, -0.2) is 60.0 Å². The molecule has 2 heterocycles. The standard InChI is InChI=1S/C21H29N5O/c1-18(19-7-3-2-4-8-19)17-20(27)22-11-6-12-25-13-15-26(16-14-25)21-23-9-5-10-24-21/h2-5,7-10,18H,6,11-17H2,1H3,(H,22,27). The van der Waals surface area contributed by atoms with Crippen LogP contribution in [0.25, 0.3) is 0 Å². The van der Waals surface area contributed by atoms with E-state index in [1.165, 1.54) is 5.56 Å². The number of piperazine rings is 1. The van der Waals surface area contributed by atoms with Gasteiger partial charge in [-0.25, -0.2) is 9.97 Å². The normalized spacial score (nSPS) is 16.1. The van der Waals surface area contributed by atoms with Gasteiger partial charge in [-0.3, -0.25) is 9.69 Å². The van der Waals surface area contributed by atoms with Crippen molar-refractivity contribution in [2.75, 3.05) is 44.2 Å². The van der Waals surface area contributed by atoms with Crippen LogP contribution in [0.3, 0.4) is 0 Å². The van der Waals surface area contributed by atoms with Crippen LogP contribution in [0.4, 0.5) is 5.95 Å². The molecule has 1 fully saturated rings. The van der Waals surface area contributed by atoms with Crippen LogP contribution in [-0.2, 0) is 4.79 Å². The number of nitrogens with one attached hydrogen (secondary N) is 1. The minimum Gasteiger partial charge on any atom is -0.356 e. The Kier molecular flexibility index (Phi) is 7.16. The number of hydrogen-bond acceptors (Lipinski definition) is 5. The highest BCUT2D eigenvalue weighted by Gasteiger charge is 2.18. The summed E-state index contributed by atoms with van der Waals surface area (Å²) in [5.74, 6) is 1.20. The van der Waals surface area contributed by atoms with E-state index in [1.807, 2.05) is 24.3 Å². The van der Waals surface area contributed by atoms with Crippen LogP contribution in [0.5, 0.6) is 0 Å². The molecule has 1 atom stereocenters. The third kappa shape index (κ3) is 6.03. The van der Waals surface area contributed by atoms with Crippen LogP contribution >= 0.6 is 0 Å². The molecule has 1 aliphatic rings. The van der Waals surface area contributed by atoms with E-state index in [2.05, 4.69) is 44.1 Å². The quantitative estimate of drug-likeness (QED) is 0.726. The third-order valence-electron chi connectivity index (χ3n) is 5.04. The lowest BCUT2D eigenvalue weighted by atomic mass is 9.97. The lowest BCUT2D eigenvalue weighted by Crippen LogP contribution is -2.47. The van der Waals surface area contributed by atoms with Crippen molar-refractivity contribution < 1.29 is 4.79 Å². The Hall–Kier alpha value is -2.47. The minimum atomic E-state index is 0.136. The Morgan fingerprint density at radius 3 is 2.48 bits per heavy atom. The second kappa shape index (κ2) is 10.0. The van der Waals surface area contributed by atoms with Gasteiger partial charge < -0.3 is 10.2 Å². The summed E-state index contributed by atoms with van der Waals surface area (Å²) >= 11 is 0. The van der Waals surface area contributed by atoms with Gasteiger partial charge in [-0.2, -0.15) is 0 Å². The summed E-state index contributed by atoms with van der Waals surface area (Å²) in [5, 5.41) is 3.06. The van der Waals surface area contributed by atoms with Gasteiger partial charge in [0.05, 0.1) is 0 Å². The molecular formula is C21H29N5O. The summed E-state index contributed by atoms with van der Waals surface area (Å²) in [6, 6.07) is 12.1. The maximum atomic E-state index is 12.1. The molecule has 2 aromatic rings. The number of amides is 1. The van der Waals surface area contributed by atoms with E-state index < -0.39 is 0 Å². The molecular weight excluding hydrogens is 338 g/mol. The van der Waals surface area contributed by atoms with Gasteiger partial charge in [0.1, 0.15) is 0 Å². The topological polar surface area (TPSA) is 61.4 Å². The van der Waals surface area contributed by atoms with Crippen LogP contribution in [0.2, 0.25) is 0 Å². The van der Waals surface area contributed by atoms with Gasteiger partial charge in [0, 0.05) is 51.5 Å². The van der Waals surface area contributed by atoms with Crippen LogP contribution < -0.4 is 10.2 Å². The predicted octanol–water partition coefficient (Wildman–Crippen LogP) is 2.30. The molecule has 0 bridgehead atoms. The summed E-state index contributed by atoms with van der Waals surface area (Å²) in [5.41, 5.74) is 1.22. The molecule has 0 aliphatic carbocycles. The van der Waals surface area contributed by atoms with Crippen molar-refractivity contribution >= 4 is 11.9 Å². The van der Waals surface area contributed by atoms with E-state index in [1.54, 1.807) is 12.4 Å². The molecule has 0 saturated carbocycles. The van der Waals surface area contributed by atoms with Crippen LogP contribution in [0.1, 0.15) is 31.2 Å². The third-order valence-corrected chi connectivity index (χ3v) is 5.04. The summed E-state index contributed by atoms with van der Waals surface area (Å²) in [6.07, 6.45) is 5.10. The smallest absolute Gasteiger partial charge is 0.225 e. The maximum absolute atomic E-state index is 12.1. The molecule has 1 aliphatic heterocycles. The number of hydrogen-bond donors (Lipinski definition) is 1. The molecule has 1 N–H and O–H groups in total. The van der Waals surface area contributed by atoms with Gasteiger partial charge in [0.15, 0.2) is 0 Å². The van der Waals surface area contributed by atoms with Gasteiger partial charge in [-0.15, -0.1) is 0 Å². The van der Waals surface area contributed by atoms with Crippen molar-refractivity contribution in [1.82, 2.24) is 20.2 Å². The van der Waals surface area contributed by atoms with E-state index in [9.17, 15) is 4.79 Å². The van der Waals surface area contributed by atoms with E-state index in [-0.39, 0.29) is 11.8 Å². The van der Waals surface area contributed by atoms with Gasteiger partial charge in [0.25, 0.3) is 0 Å². The number of nitrogens with zero attached hydrogens (tertiary/aromatic N) is 4. The molecule has 0 spiro atoms. The summed E-state index contributed by atoms with van der Waals surface area (Å²) in [4.78, 5) is 25.4. The highest BCUT2D eigenvalue weighted by molar-refractivity contribution is 5.76. The van der Waals surface area contributed by atoms with Crippen LogP contribution in [0.15, 0.2) is 48.8 Å². The predicted molar refractivity (Wildman–Crippen MR) is 108 cm³/mol. The monoisotopic (exact) mass is 367 g/mol. The molecule has 3 rings (SSSR count). The average Bonchev–Trinajstić information content (AvgIpc) is 2.73. The minimum absolute atomic E-state index is 0.136. The molecule has 1 saturated heterocycles. The van der Waals surface area contributed by atoms with Crippen molar-refractivity contribution in [3.63, 3.8) is 0 Å². The average molecular weight is 367 g/mol. The Morgan fingerprint density at radius 2 is 1.78 bits per heavy atom. The molecule has 1 aromatic carbocycles. The fraction of sp³-hybridized carbons (Fsp3) is 0.476. The summed E-state index contributed by atoms with van der Waals surface area (Å²) in [6.45, 7) is 7.77. The van der Waals surface area contributed by atoms with Crippen molar-refractivity contribution in [2.45, 2.75) is 25.7 Å². The first-order chi connectivity index (χ1) is 13.2. The fourth-order valence-electron chi connectivity index (χ4n) is 3.41. The van der Waals surface area contributed by atoms with Gasteiger partial charge in [0.2, 0.25) is 11.9 Å². The first-order valence-corrected chi connectivity index (χ1v) is 9.78. The van der Waals surface area contributed by atoms with Crippen molar-refractivity contribution in [3.05, 3.63) is 54.4 Å².